The second-order valence-electron chi connectivity index (χ2n) is 8.36. The first-order chi connectivity index (χ1) is 17.7. The molecule has 0 bridgehead atoms. The van der Waals surface area contributed by atoms with Gasteiger partial charge in [-0.3, -0.25) is 4.79 Å². The van der Waals surface area contributed by atoms with E-state index in [0.717, 1.165) is 6.20 Å². The predicted octanol–water partition coefficient (Wildman–Crippen LogP) is 2.54. The van der Waals surface area contributed by atoms with Gasteiger partial charge in [-0.05, 0) is 26.0 Å². The number of hydrogen-bond acceptors (Lipinski definition) is 9. The zero-order chi connectivity index (χ0) is 26.3. The number of halogens is 2. The highest BCUT2D eigenvalue weighted by molar-refractivity contribution is 6.06. The smallest absolute Gasteiger partial charge is 0.332 e. The second-order valence-corrected chi connectivity index (χ2v) is 8.36. The van der Waals surface area contributed by atoms with E-state index in [-0.39, 0.29) is 52.9 Å². The van der Waals surface area contributed by atoms with Gasteiger partial charge in [-0.1, -0.05) is 18.2 Å². The molecule has 3 N–H and O–H groups in total. The Morgan fingerprint density at radius 3 is 2.78 bits per heavy atom. The summed E-state index contributed by atoms with van der Waals surface area (Å²) in [5, 5.41) is 7.33. The molecule has 190 valence electrons. The zero-order valence-corrected chi connectivity index (χ0v) is 19.8. The van der Waals surface area contributed by atoms with Crippen LogP contribution in [0.5, 0.6) is 0 Å². The van der Waals surface area contributed by atoms with Crippen LogP contribution in [0.1, 0.15) is 25.0 Å². The fourth-order valence-electron chi connectivity index (χ4n) is 4.13. The number of aromatic nitrogens is 5. The van der Waals surface area contributed by atoms with Gasteiger partial charge in [-0.15, -0.1) is 0 Å². The molecule has 13 heteroatoms. The van der Waals surface area contributed by atoms with Gasteiger partial charge in [-0.25, -0.2) is 33.2 Å². The standard InChI is InChI=1S/C24H21F2N7O4/c1-3-36-16(34)11-37-24(2)17-19(27)29-21(30-20(17)31-23(24)35)18-14-8-13(25)9-28-22(14)33(32-18)10-12-6-4-5-7-15(12)26/h4-9H,3,10-11H2,1-2H3,(H3,27,29,30,31,35). The summed E-state index contributed by atoms with van der Waals surface area (Å²) in [5.41, 5.74) is 5.47. The largest absolute Gasteiger partial charge is 0.464 e. The van der Waals surface area contributed by atoms with Crippen LogP contribution in [0.4, 0.5) is 20.4 Å². The molecule has 1 aliphatic heterocycles. The van der Waals surface area contributed by atoms with E-state index in [1.807, 2.05) is 0 Å². The topological polar surface area (TPSA) is 147 Å². The molecule has 3 aromatic heterocycles. The number of fused-ring (bicyclic) bond motifs is 2. The van der Waals surface area contributed by atoms with E-state index in [1.165, 1.54) is 23.7 Å². The lowest BCUT2D eigenvalue weighted by atomic mass is 9.99. The number of nitrogen functional groups attached to an aromatic ring is 1. The number of hydrogen-bond donors (Lipinski definition) is 2. The Bertz CT molecular complexity index is 1560. The predicted molar refractivity (Wildman–Crippen MR) is 127 cm³/mol. The van der Waals surface area contributed by atoms with Crippen LogP contribution < -0.4 is 11.1 Å². The number of nitrogens with one attached hydrogen (secondary N) is 1. The van der Waals surface area contributed by atoms with Gasteiger partial charge in [0.25, 0.3) is 5.91 Å². The Kier molecular flexibility index (Phi) is 5.99. The first-order valence-electron chi connectivity index (χ1n) is 11.3. The van der Waals surface area contributed by atoms with Crippen LogP contribution in [0.2, 0.25) is 0 Å². The lowest BCUT2D eigenvalue weighted by molar-refractivity contribution is -0.159. The number of benzene rings is 1. The molecule has 1 aliphatic rings. The van der Waals surface area contributed by atoms with Crippen molar-refractivity contribution in [2.24, 2.45) is 0 Å². The highest BCUT2D eigenvalue weighted by Gasteiger charge is 2.48. The van der Waals surface area contributed by atoms with Crippen LogP contribution in [0.15, 0.2) is 36.5 Å². The van der Waals surface area contributed by atoms with E-state index in [9.17, 15) is 18.4 Å². The van der Waals surface area contributed by atoms with Gasteiger partial charge < -0.3 is 20.5 Å². The summed E-state index contributed by atoms with van der Waals surface area (Å²) in [4.78, 5) is 37.4. The highest BCUT2D eigenvalue weighted by atomic mass is 19.1. The summed E-state index contributed by atoms with van der Waals surface area (Å²) < 4.78 is 40.3. The van der Waals surface area contributed by atoms with E-state index < -0.39 is 35.7 Å². The molecule has 0 aliphatic carbocycles. The van der Waals surface area contributed by atoms with E-state index >= 15 is 0 Å². The molecule has 4 heterocycles. The monoisotopic (exact) mass is 509 g/mol. The maximum Gasteiger partial charge on any atom is 0.332 e. The lowest BCUT2D eigenvalue weighted by Gasteiger charge is -2.22. The highest BCUT2D eigenvalue weighted by Crippen LogP contribution is 2.42. The van der Waals surface area contributed by atoms with Crippen LogP contribution >= 0.6 is 0 Å². The van der Waals surface area contributed by atoms with Gasteiger partial charge in [-0.2, -0.15) is 5.10 Å². The second kappa shape index (κ2) is 9.17. The third-order valence-electron chi connectivity index (χ3n) is 5.91. The number of nitrogens with two attached hydrogens (primary N) is 1. The molecule has 0 spiro atoms. The number of nitrogens with zero attached hydrogens (tertiary/aromatic N) is 5. The SMILES string of the molecule is CCOC(=O)COC1(C)C(=O)Nc2nc(-c3nn(Cc4ccccc4F)c4ncc(F)cc34)nc(N)c21. The number of esters is 1. The number of ether oxygens (including phenoxy) is 2. The molecular weight excluding hydrogens is 488 g/mol. The van der Waals surface area contributed by atoms with Crippen LogP contribution in [0, 0.1) is 11.6 Å². The molecule has 0 saturated carbocycles. The number of amides is 1. The number of rotatable bonds is 7. The minimum Gasteiger partial charge on any atom is -0.464 e. The first-order valence-corrected chi connectivity index (χ1v) is 11.3. The van der Waals surface area contributed by atoms with Crippen molar-refractivity contribution in [3.05, 3.63) is 59.3 Å². The Labute approximate surface area is 208 Å². The number of carbonyl (C=O) groups excluding carboxylic acids is 2. The molecule has 0 fully saturated rings. The van der Waals surface area contributed by atoms with Gasteiger partial charge >= 0.3 is 5.97 Å². The summed E-state index contributed by atoms with van der Waals surface area (Å²) in [6.45, 7) is 2.76. The van der Waals surface area contributed by atoms with Crippen molar-refractivity contribution in [3.8, 4) is 11.5 Å². The number of anilines is 2. The molecular formula is C24H21F2N7O4. The maximum absolute atomic E-state index is 14.3. The Morgan fingerprint density at radius 2 is 2.03 bits per heavy atom. The van der Waals surface area contributed by atoms with Gasteiger partial charge in [0, 0.05) is 5.56 Å². The van der Waals surface area contributed by atoms with Gasteiger partial charge in [0.15, 0.2) is 17.1 Å². The van der Waals surface area contributed by atoms with Crippen LogP contribution in [-0.2, 0) is 31.2 Å². The van der Waals surface area contributed by atoms with Crippen molar-refractivity contribution in [3.63, 3.8) is 0 Å². The summed E-state index contributed by atoms with van der Waals surface area (Å²) in [5.74, 6) is -2.38. The summed E-state index contributed by atoms with van der Waals surface area (Å²) in [6, 6.07) is 7.39. The zero-order valence-electron chi connectivity index (χ0n) is 19.8. The van der Waals surface area contributed by atoms with Crippen LogP contribution in [0.25, 0.3) is 22.6 Å². The minimum atomic E-state index is -1.65. The quantitative estimate of drug-likeness (QED) is 0.359. The molecule has 0 saturated heterocycles. The van der Waals surface area contributed by atoms with Crippen molar-refractivity contribution >= 4 is 34.5 Å². The molecule has 1 aromatic carbocycles. The lowest BCUT2D eigenvalue weighted by Crippen LogP contribution is -2.36. The molecule has 0 radical (unpaired) electrons. The minimum absolute atomic E-state index is 0.0126. The van der Waals surface area contributed by atoms with E-state index in [2.05, 4.69) is 25.4 Å². The summed E-state index contributed by atoms with van der Waals surface area (Å²) in [7, 11) is 0. The fourth-order valence-corrected chi connectivity index (χ4v) is 4.13. The van der Waals surface area contributed by atoms with Gasteiger partial charge in [0.05, 0.1) is 30.3 Å². The van der Waals surface area contributed by atoms with Gasteiger partial charge in [0.2, 0.25) is 0 Å². The van der Waals surface area contributed by atoms with Gasteiger partial charge in [0.1, 0.15) is 35.6 Å². The Morgan fingerprint density at radius 1 is 1.24 bits per heavy atom. The Balaban J connectivity index is 1.57. The van der Waals surface area contributed by atoms with Crippen molar-refractivity contribution < 1.29 is 27.8 Å². The number of carbonyl (C=O) groups is 2. The van der Waals surface area contributed by atoms with E-state index in [1.54, 1.807) is 25.1 Å². The molecule has 1 unspecified atom stereocenters. The first kappa shape index (κ1) is 24.2. The van der Waals surface area contributed by atoms with Crippen LogP contribution in [-0.4, -0.2) is 49.8 Å². The Hall–Kier alpha value is -4.52. The normalized spacial score (nSPS) is 16.6. The van der Waals surface area contributed by atoms with Crippen molar-refractivity contribution in [2.45, 2.75) is 26.0 Å². The average Bonchev–Trinajstić information content (AvgIpc) is 3.33. The van der Waals surface area contributed by atoms with Crippen LogP contribution in [0.3, 0.4) is 0 Å². The molecule has 37 heavy (non-hydrogen) atoms. The van der Waals surface area contributed by atoms with E-state index in [4.69, 9.17) is 15.2 Å². The molecule has 1 atom stereocenters. The molecule has 4 aromatic rings. The third kappa shape index (κ3) is 4.22. The average molecular weight is 509 g/mol. The van der Waals surface area contributed by atoms with Crippen molar-refractivity contribution in [1.82, 2.24) is 24.7 Å². The third-order valence-corrected chi connectivity index (χ3v) is 5.91. The van der Waals surface area contributed by atoms with E-state index in [0.29, 0.717) is 5.56 Å². The molecule has 5 rings (SSSR count). The van der Waals surface area contributed by atoms with Crippen molar-refractivity contribution in [1.29, 1.82) is 0 Å². The fraction of sp³-hybridized carbons (Fsp3) is 0.250. The molecule has 1 amide bonds. The summed E-state index contributed by atoms with van der Waals surface area (Å²) in [6.07, 6.45) is 1.02. The maximum atomic E-state index is 14.3. The number of pyridine rings is 1. The van der Waals surface area contributed by atoms with Crippen molar-refractivity contribution in [2.75, 3.05) is 24.3 Å². The summed E-state index contributed by atoms with van der Waals surface area (Å²) >= 11 is 0. The molecule has 11 nitrogen and oxygen atoms in total.